The van der Waals surface area contributed by atoms with Crippen LogP contribution in [0.3, 0.4) is 0 Å². The van der Waals surface area contributed by atoms with Crippen LogP contribution in [0.5, 0.6) is 0 Å². The topological polar surface area (TPSA) is 0 Å². The van der Waals surface area contributed by atoms with Crippen molar-refractivity contribution in [2.75, 3.05) is 0 Å². The average Bonchev–Trinajstić information content (AvgIpc) is 3.21. The summed E-state index contributed by atoms with van der Waals surface area (Å²) in [4.78, 5) is 0. The van der Waals surface area contributed by atoms with Gasteiger partial charge in [-0.05, 0) is 56.7 Å². The van der Waals surface area contributed by atoms with Crippen molar-refractivity contribution >= 4 is 23.3 Å². The summed E-state index contributed by atoms with van der Waals surface area (Å²) >= 11 is 0. The average molecular weight is 447 g/mol. The molecule has 0 heterocycles. The van der Waals surface area contributed by atoms with Crippen LogP contribution in [0.15, 0.2) is 146 Å². The van der Waals surface area contributed by atoms with Crippen molar-refractivity contribution < 1.29 is 0 Å². The van der Waals surface area contributed by atoms with Gasteiger partial charge in [-0.2, -0.15) is 0 Å². The number of benzene rings is 5. The first-order chi connectivity index (χ1) is 17.4. The van der Waals surface area contributed by atoms with Crippen molar-refractivity contribution in [2.24, 2.45) is 0 Å². The van der Waals surface area contributed by atoms with E-state index in [0.29, 0.717) is 0 Å². The zero-order chi connectivity index (χ0) is 23.5. The van der Waals surface area contributed by atoms with E-state index < -0.39 is 5.41 Å². The van der Waals surface area contributed by atoms with E-state index in [4.69, 9.17) is 0 Å². The summed E-state index contributed by atoms with van der Waals surface area (Å²) < 4.78 is 0. The van der Waals surface area contributed by atoms with Gasteiger partial charge in [0.05, 0.1) is 5.41 Å². The highest BCUT2D eigenvalue weighted by atomic mass is 14.5. The van der Waals surface area contributed by atoms with Gasteiger partial charge in [-0.25, -0.2) is 0 Å². The van der Waals surface area contributed by atoms with Gasteiger partial charge in [0.25, 0.3) is 0 Å². The summed E-state index contributed by atoms with van der Waals surface area (Å²) in [5.74, 6) is 0. The normalized spacial score (nSPS) is 16.3. The van der Waals surface area contributed by atoms with Gasteiger partial charge in [0.1, 0.15) is 0 Å². The minimum atomic E-state index is -0.447. The monoisotopic (exact) mass is 446 g/mol. The lowest BCUT2D eigenvalue weighted by Gasteiger charge is -2.35. The van der Waals surface area contributed by atoms with Crippen molar-refractivity contribution in [3.05, 3.63) is 179 Å². The third-order valence-electron chi connectivity index (χ3n) is 6.95. The standard InChI is InChI=1S/C35H26/c1-5-15-27(16-6-1)25-33-31-23-13-14-24-32(31)34(26-28-17-7-2-8-18-28)35(33,29-19-9-3-10-20-29)30-21-11-4-12-22-30/h1-26H/b33-25+,34-26+. The summed E-state index contributed by atoms with van der Waals surface area (Å²) in [6, 6.07) is 52.1. The zero-order valence-electron chi connectivity index (χ0n) is 19.5. The highest BCUT2D eigenvalue weighted by molar-refractivity contribution is 6.13. The van der Waals surface area contributed by atoms with E-state index in [-0.39, 0.29) is 0 Å². The third-order valence-corrected chi connectivity index (χ3v) is 6.95. The SMILES string of the molecule is C(=C1/c2ccccc2/C(=C\c2ccccc2)C1(c1ccccc1)c1ccccc1)/c1ccccc1. The number of rotatable bonds is 4. The molecular formula is C35H26. The first kappa shape index (κ1) is 21.1. The Balaban J connectivity index is 1.78. The second-order valence-electron chi connectivity index (χ2n) is 8.97. The minimum absolute atomic E-state index is 0.447. The highest BCUT2D eigenvalue weighted by Gasteiger charge is 2.48. The lowest BCUT2D eigenvalue weighted by atomic mass is 9.66. The molecule has 5 aromatic carbocycles. The molecule has 0 radical (unpaired) electrons. The Hall–Kier alpha value is -4.42. The molecule has 0 atom stereocenters. The summed E-state index contributed by atoms with van der Waals surface area (Å²) in [7, 11) is 0. The van der Waals surface area contributed by atoms with E-state index in [1.165, 1.54) is 44.5 Å². The molecule has 0 spiro atoms. The number of hydrogen-bond donors (Lipinski definition) is 0. The van der Waals surface area contributed by atoms with Crippen LogP contribution in [0, 0.1) is 0 Å². The molecule has 5 aromatic rings. The molecule has 0 heteroatoms. The fourth-order valence-corrected chi connectivity index (χ4v) is 5.47. The lowest BCUT2D eigenvalue weighted by molar-refractivity contribution is 0.889. The Morgan fingerprint density at radius 2 is 0.657 bits per heavy atom. The van der Waals surface area contributed by atoms with Gasteiger partial charge in [-0.15, -0.1) is 0 Å². The lowest BCUT2D eigenvalue weighted by Crippen LogP contribution is -2.27. The second-order valence-corrected chi connectivity index (χ2v) is 8.97. The quantitative estimate of drug-likeness (QED) is 0.259. The molecular weight excluding hydrogens is 420 g/mol. The first-order valence-electron chi connectivity index (χ1n) is 12.1. The first-order valence-corrected chi connectivity index (χ1v) is 12.1. The van der Waals surface area contributed by atoms with Crippen molar-refractivity contribution in [1.82, 2.24) is 0 Å². The number of hydrogen-bond acceptors (Lipinski definition) is 0. The van der Waals surface area contributed by atoms with E-state index in [1.54, 1.807) is 0 Å². The van der Waals surface area contributed by atoms with Crippen LogP contribution in [0.4, 0.5) is 0 Å². The summed E-state index contributed by atoms with van der Waals surface area (Å²) in [5, 5.41) is 0. The third kappa shape index (κ3) is 3.64. The molecule has 0 unspecified atom stereocenters. The zero-order valence-corrected chi connectivity index (χ0v) is 19.5. The summed E-state index contributed by atoms with van der Waals surface area (Å²) in [6.45, 7) is 0. The minimum Gasteiger partial charge on any atom is -0.0622 e. The fraction of sp³-hybridized carbons (Fsp3) is 0.0286. The van der Waals surface area contributed by atoms with Crippen LogP contribution in [0.1, 0.15) is 33.4 Å². The Bertz CT molecular complexity index is 1370. The smallest absolute Gasteiger partial charge is 0.0622 e. The molecule has 0 N–H and O–H groups in total. The Morgan fingerprint density at radius 1 is 0.343 bits per heavy atom. The van der Waals surface area contributed by atoms with E-state index in [0.717, 1.165) is 0 Å². The van der Waals surface area contributed by atoms with E-state index in [2.05, 4.69) is 158 Å². The molecule has 0 aliphatic heterocycles. The molecule has 166 valence electrons. The molecule has 1 aliphatic rings. The molecule has 0 bridgehead atoms. The molecule has 0 amide bonds. The van der Waals surface area contributed by atoms with Crippen molar-refractivity contribution in [2.45, 2.75) is 5.41 Å². The van der Waals surface area contributed by atoms with Gasteiger partial charge in [-0.1, -0.05) is 146 Å². The number of allylic oxidation sites excluding steroid dienone is 2. The maximum absolute atomic E-state index is 2.38. The van der Waals surface area contributed by atoms with Gasteiger partial charge in [-0.3, -0.25) is 0 Å². The molecule has 0 nitrogen and oxygen atoms in total. The summed E-state index contributed by atoms with van der Waals surface area (Å²) in [5.41, 5.74) is 9.68. The van der Waals surface area contributed by atoms with Gasteiger partial charge < -0.3 is 0 Å². The molecule has 1 aliphatic carbocycles. The maximum atomic E-state index is 2.38. The van der Waals surface area contributed by atoms with E-state index in [9.17, 15) is 0 Å². The van der Waals surface area contributed by atoms with Gasteiger partial charge in [0, 0.05) is 0 Å². The molecule has 0 saturated heterocycles. The van der Waals surface area contributed by atoms with Crippen LogP contribution in [-0.4, -0.2) is 0 Å². The van der Waals surface area contributed by atoms with E-state index in [1.807, 2.05) is 0 Å². The van der Waals surface area contributed by atoms with Crippen LogP contribution < -0.4 is 0 Å². The van der Waals surface area contributed by atoms with Crippen LogP contribution in [-0.2, 0) is 5.41 Å². The maximum Gasteiger partial charge on any atom is 0.0713 e. The Labute approximate surface area is 207 Å². The van der Waals surface area contributed by atoms with Gasteiger partial charge >= 0.3 is 0 Å². The predicted octanol–water partition coefficient (Wildman–Crippen LogP) is 8.77. The molecule has 35 heavy (non-hydrogen) atoms. The summed E-state index contributed by atoms with van der Waals surface area (Å²) in [6.07, 6.45) is 4.76. The van der Waals surface area contributed by atoms with E-state index >= 15 is 0 Å². The molecule has 0 aromatic heterocycles. The van der Waals surface area contributed by atoms with Crippen molar-refractivity contribution in [3.63, 3.8) is 0 Å². The van der Waals surface area contributed by atoms with Crippen molar-refractivity contribution in [3.8, 4) is 0 Å². The van der Waals surface area contributed by atoms with Crippen LogP contribution in [0.2, 0.25) is 0 Å². The van der Waals surface area contributed by atoms with Crippen LogP contribution >= 0.6 is 0 Å². The van der Waals surface area contributed by atoms with Gasteiger partial charge in [0.2, 0.25) is 0 Å². The second kappa shape index (κ2) is 9.08. The predicted molar refractivity (Wildman–Crippen MR) is 149 cm³/mol. The largest absolute Gasteiger partial charge is 0.0713 e. The Kier molecular flexibility index (Phi) is 5.48. The number of fused-ring (bicyclic) bond motifs is 1. The molecule has 6 rings (SSSR count). The van der Waals surface area contributed by atoms with Crippen LogP contribution in [0.25, 0.3) is 23.3 Å². The van der Waals surface area contributed by atoms with Gasteiger partial charge in [0.15, 0.2) is 0 Å². The molecule has 0 fully saturated rings. The fourth-order valence-electron chi connectivity index (χ4n) is 5.47. The highest BCUT2D eigenvalue weighted by Crippen LogP contribution is 2.60. The Morgan fingerprint density at radius 3 is 1.03 bits per heavy atom. The van der Waals surface area contributed by atoms with Crippen molar-refractivity contribution in [1.29, 1.82) is 0 Å². The molecule has 0 saturated carbocycles.